The van der Waals surface area contributed by atoms with E-state index in [0.29, 0.717) is 12.2 Å². The quantitative estimate of drug-likeness (QED) is 0.880. The number of sulfonamides is 1. The number of pyridine rings is 1. The molecule has 0 spiro atoms. The molecule has 0 aliphatic rings. The van der Waals surface area contributed by atoms with Crippen LogP contribution in [0.5, 0.6) is 0 Å². The maximum atomic E-state index is 12.3. The van der Waals surface area contributed by atoms with Crippen molar-refractivity contribution in [1.29, 1.82) is 0 Å². The molecule has 1 aromatic heterocycles. The first-order valence-corrected chi connectivity index (χ1v) is 8.19. The fourth-order valence-corrected chi connectivity index (χ4v) is 3.39. The minimum absolute atomic E-state index is 0.0370. The lowest BCUT2D eigenvalue weighted by molar-refractivity contribution is 0.580. The Balaban J connectivity index is 2.21. The zero-order chi connectivity index (χ0) is 15.5. The zero-order valence-electron chi connectivity index (χ0n) is 11.5. The maximum absolute atomic E-state index is 12.3. The molecule has 0 fully saturated rings. The number of nitrogens with zero attached hydrogens (tertiary/aromatic N) is 1. The van der Waals surface area contributed by atoms with Crippen molar-refractivity contribution in [2.45, 2.75) is 24.9 Å². The SMILES string of the molecule is Cc1cccnc1CNS(=O)(=O)c1ccc(CN)cc1Cl. The molecular formula is C14H16ClN3O2S. The number of halogens is 1. The summed E-state index contributed by atoms with van der Waals surface area (Å²) in [6.07, 6.45) is 1.62. The Bertz CT molecular complexity index is 748. The zero-order valence-corrected chi connectivity index (χ0v) is 13.1. The first kappa shape index (κ1) is 15.9. The summed E-state index contributed by atoms with van der Waals surface area (Å²) in [6.45, 7) is 2.30. The topological polar surface area (TPSA) is 85.1 Å². The average Bonchev–Trinajstić information content (AvgIpc) is 2.46. The monoisotopic (exact) mass is 325 g/mol. The van der Waals surface area contributed by atoms with E-state index in [2.05, 4.69) is 9.71 Å². The molecule has 21 heavy (non-hydrogen) atoms. The van der Waals surface area contributed by atoms with Crippen molar-refractivity contribution >= 4 is 21.6 Å². The molecule has 2 rings (SSSR count). The highest BCUT2D eigenvalue weighted by molar-refractivity contribution is 7.89. The average molecular weight is 326 g/mol. The standard InChI is InChI=1S/C14H16ClN3O2S/c1-10-3-2-6-17-13(10)9-18-21(19,20)14-5-4-11(8-16)7-12(14)15/h2-7,18H,8-9,16H2,1H3. The van der Waals surface area contributed by atoms with Crippen molar-refractivity contribution in [2.24, 2.45) is 5.73 Å². The Kier molecular flexibility index (Phi) is 4.95. The molecule has 112 valence electrons. The van der Waals surface area contributed by atoms with E-state index < -0.39 is 10.0 Å². The van der Waals surface area contributed by atoms with E-state index in [4.69, 9.17) is 17.3 Å². The van der Waals surface area contributed by atoms with Gasteiger partial charge in [-0.25, -0.2) is 13.1 Å². The van der Waals surface area contributed by atoms with Gasteiger partial charge in [-0.05, 0) is 36.2 Å². The van der Waals surface area contributed by atoms with Crippen molar-refractivity contribution in [1.82, 2.24) is 9.71 Å². The van der Waals surface area contributed by atoms with E-state index in [0.717, 1.165) is 11.1 Å². The number of nitrogens with two attached hydrogens (primary N) is 1. The first-order chi connectivity index (χ1) is 9.94. The van der Waals surface area contributed by atoms with Crippen LogP contribution in [0.1, 0.15) is 16.8 Å². The van der Waals surface area contributed by atoms with Crippen molar-refractivity contribution < 1.29 is 8.42 Å². The highest BCUT2D eigenvalue weighted by Crippen LogP contribution is 2.22. The summed E-state index contributed by atoms with van der Waals surface area (Å²) in [6, 6.07) is 8.34. The molecule has 5 nitrogen and oxygen atoms in total. The third-order valence-electron chi connectivity index (χ3n) is 3.07. The van der Waals surface area contributed by atoms with Gasteiger partial charge in [0, 0.05) is 12.7 Å². The summed E-state index contributed by atoms with van der Waals surface area (Å²) in [4.78, 5) is 4.19. The molecule has 2 aromatic rings. The summed E-state index contributed by atoms with van der Waals surface area (Å²) in [5.74, 6) is 0. The highest BCUT2D eigenvalue weighted by Gasteiger charge is 2.18. The maximum Gasteiger partial charge on any atom is 0.242 e. The second kappa shape index (κ2) is 6.53. The molecule has 0 bridgehead atoms. The Morgan fingerprint density at radius 1 is 1.33 bits per heavy atom. The van der Waals surface area contributed by atoms with Crippen molar-refractivity contribution in [2.75, 3.05) is 0 Å². The molecule has 0 radical (unpaired) electrons. The molecule has 0 atom stereocenters. The molecule has 0 saturated heterocycles. The van der Waals surface area contributed by atoms with E-state index in [-0.39, 0.29) is 16.5 Å². The largest absolute Gasteiger partial charge is 0.326 e. The first-order valence-electron chi connectivity index (χ1n) is 6.32. The van der Waals surface area contributed by atoms with Crippen molar-refractivity contribution in [3.63, 3.8) is 0 Å². The fourth-order valence-electron chi connectivity index (χ4n) is 1.83. The van der Waals surface area contributed by atoms with Gasteiger partial charge in [-0.15, -0.1) is 0 Å². The molecule has 0 amide bonds. The van der Waals surface area contributed by atoms with Gasteiger partial charge in [-0.2, -0.15) is 0 Å². The summed E-state index contributed by atoms with van der Waals surface area (Å²) in [7, 11) is -3.69. The molecule has 7 heteroatoms. The Labute approximate surface area is 129 Å². The minimum Gasteiger partial charge on any atom is -0.326 e. The lowest BCUT2D eigenvalue weighted by Crippen LogP contribution is -2.24. The van der Waals surface area contributed by atoms with Gasteiger partial charge in [0.15, 0.2) is 0 Å². The summed E-state index contributed by atoms with van der Waals surface area (Å²) in [5, 5.41) is 0.156. The Hall–Kier alpha value is -1.47. The molecule has 0 aliphatic heterocycles. The van der Waals surface area contributed by atoms with E-state index in [1.165, 1.54) is 6.07 Å². The predicted molar refractivity (Wildman–Crippen MR) is 82.3 cm³/mol. The molecule has 1 heterocycles. The van der Waals surface area contributed by atoms with Gasteiger partial charge < -0.3 is 5.73 Å². The normalized spacial score (nSPS) is 11.6. The predicted octanol–water partition coefficient (Wildman–Crippen LogP) is 1.98. The van der Waals surface area contributed by atoms with Crippen LogP contribution in [0.25, 0.3) is 0 Å². The summed E-state index contributed by atoms with van der Waals surface area (Å²) >= 11 is 6.02. The summed E-state index contributed by atoms with van der Waals surface area (Å²) in [5.41, 5.74) is 7.87. The van der Waals surface area contributed by atoms with Gasteiger partial charge in [0.25, 0.3) is 0 Å². The lowest BCUT2D eigenvalue weighted by Gasteiger charge is -2.10. The second-order valence-electron chi connectivity index (χ2n) is 4.56. The number of benzene rings is 1. The second-order valence-corrected chi connectivity index (χ2v) is 6.70. The highest BCUT2D eigenvalue weighted by atomic mass is 35.5. The molecule has 0 aliphatic carbocycles. The van der Waals surface area contributed by atoms with Gasteiger partial charge in [0.05, 0.1) is 17.3 Å². The van der Waals surface area contributed by atoms with Crippen LogP contribution in [-0.2, 0) is 23.1 Å². The van der Waals surface area contributed by atoms with Gasteiger partial charge in [-0.3, -0.25) is 4.98 Å². The molecule has 0 unspecified atom stereocenters. The van der Waals surface area contributed by atoms with Crippen LogP contribution >= 0.6 is 11.6 Å². The van der Waals surface area contributed by atoms with Gasteiger partial charge in [0.1, 0.15) is 4.90 Å². The Morgan fingerprint density at radius 2 is 2.10 bits per heavy atom. The number of nitrogens with one attached hydrogen (secondary N) is 1. The smallest absolute Gasteiger partial charge is 0.242 e. The van der Waals surface area contributed by atoms with Crippen LogP contribution < -0.4 is 10.5 Å². The fraction of sp³-hybridized carbons (Fsp3) is 0.214. The lowest BCUT2D eigenvalue weighted by atomic mass is 10.2. The molecular weight excluding hydrogens is 310 g/mol. The van der Waals surface area contributed by atoms with Crippen LogP contribution in [-0.4, -0.2) is 13.4 Å². The molecule has 3 N–H and O–H groups in total. The number of hydrogen-bond donors (Lipinski definition) is 2. The van der Waals surface area contributed by atoms with E-state index >= 15 is 0 Å². The summed E-state index contributed by atoms with van der Waals surface area (Å²) < 4.78 is 27.1. The van der Waals surface area contributed by atoms with Crippen LogP contribution in [0, 0.1) is 6.92 Å². The number of rotatable bonds is 5. The van der Waals surface area contributed by atoms with Crippen molar-refractivity contribution in [3.05, 3.63) is 58.4 Å². The number of aromatic nitrogens is 1. The van der Waals surface area contributed by atoms with Crippen LogP contribution in [0.4, 0.5) is 0 Å². The van der Waals surface area contributed by atoms with Gasteiger partial charge in [0.2, 0.25) is 10.0 Å². The Morgan fingerprint density at radius 3 is 2.71 bits per heavy atom. The molecule has 1 aromatic carbocycles. The van der Waals surface area contributed by atoms with Crippen molar-refractivity contribution in [3.8, 4) is 0 Å². The molecule has 0 saturated carbocycles. The van der Waals surface area contributed by atoms with Crippen LogP contribution in [0.2, 0.25) is 5.02 Å². The van der Waals surface area contributed by atoms with E-state index in [1.807, 2.05) is 13.0 Å². The third kappa shape index (κ3) is 3.79. The van der Waals surface area contributed by atoms with Crippen LogP contribution in [0.15, 0.2) is 41.4 Å². The minimum atomic E-state index is -3.69. The number of hydrogen-bond acceptors (Lipinski definition) is 4. The van der Waals surface area contributed by atoms with Gasteiger partial charge in [-0.1, -0.05) is 23.7 Å². The number of aryl methyl sites for hydroxylation is 1. The van der Waals surface area contributed by atoms with E-state index in [1.54, 1.807) is 24.4 Å². The third-order valence-corrected chi connectivity index (χ3v) is 4.95. The van der Waals surface area contributed by atoms with Crippen LogP contribution in [0.3, 0.4) is 0 Å². The van der Waals surface area contributed by atoms with Gasteiger partial charge >= 0.3 is 0 Å². The van der Waals surface area contributed by atoms with E-state index in [9.17, 15) is 8.42 Å².